The highest BCUT2D eigenvalue weighted by Crippen LogP contribution is 2.25. The van der Waals surface area contributed by atoms with E-state index in [2.05, 4.69) is 0 Å². The number of nitro benzene ring substituents is 1. The van der Waals surface area contributed by atoms with E-state index in [1.807, 2.05) is 0 Å². The largest absolute Gasteiger partial charge is 0.339 e. The zero-order valence-corrected chi connectivity index (χ0v) is 15.1. The number of amides is 1. The van der Waals surface area contributed by atoms with Gasteiger partial charge in [0.1, 0.15) is 0 Å². The van der Waals surface area contributed by atoms with Crippen LogP contribution in [0.3, 0.4) is 0 Å². The Morgan fingerprint density at radius 3 is 2.62 bits per heavy atom. The molecule has 1 atom stereocenters. The van der Waals surface area contributed by atoms with Crippen LogP contribution < -0.4 is 0 Å². The van der Waals surface area contributed by atoms with Crippen LogP contribution >= 0.6 is 11.8 Å². The third-order valence-corrected chi connectivity index (χ3v) is 5.01. The van der Waals surface area contributed by atoms with Crippen molar-refractivity contribution in [2.45, 2.75) is 24.3 Å². The van der Waals surface area contributed by atoms with Crippen LogP contribution in [0.4, 0.5) is 14.5 Å². The molecule has 5 nitrogen and oxygen atoms in total. The summed E-state index contributed by atoms with van der Waals surface area (Å²) in [5, 5.41) is 10.9. The quantitative estimate of drug-likeness (QED) is 0.401. The van der Waals surface area contributed by atoms with Crippen molar-refractivity contribution in [2.24, 2.45) is 0 Å². The maximum atomic E-state index is 13.2. The van der Waals surface area contributed by atoms with Gasteiger partial charge in [0.15, 0.2) is 11.6 Å². The molecule has 0 fully saturated rings. The van der Waals surface area contributed by atoms with Crippen molar-refractivity contribution in [1.29, 1.82) is 0 Å². The Morgan fingerprint density at radius 2 is 1.96 bits per heavy atom. The first-order valence-electron chi connectivity index (χ1n) is 7.87. The molecule has 0 aliphatic rings. The molecule has 0 bridgehead atoms. The van der Waals surface area contributed by atoms with Gasteiger partial charge in [-0.1, -0.05) is 12.1 Å². The van der Waals surface area contributed by atoms with Crippen molar-refractivity contribution in [3.05, 3.63) is 69.8 Å². The van der Waals surface area contributed by atoms with Crippen LogP contribution in [0.25, 0.3) is 0 Å². The van der Waals surface area contributed by atoms with Crippen molar-refractivity contribution in [3.63, 3.8) is 0 Å². The number of benzene rings is 2. The van der Waals surface area contributed by atoms with Crippen molar-refractivity contribution < 1.29 is 18.5 Å². The number of hydrogen-bond donors (Lipinski definition) is 0. The number of carbonyl (C=O) groups is 1. The minimum Gasteiger partial charge on any atom is -0.339 e. The fraction of sp³-hybridized carbons (Fsp3) is 0.278. The molecule has 0 aliphatic carbocycles. The van der Waals surface area contributed by atoms with E-state index in [1.54, 1.807) is 26.1 Å². The minimum absolute atomic E-state index is 0.0240. The van der Waals surface area contributed by atoms with Crippen molar-refractivity contribution in [3.8, 4) is 0 Å². The van der Waals surface area contributed by atoms with Crippen LogP contribution in [0, 0.1) is 21.7 Å². The molecular formula is C18H18F2N2O3S. The van der Waals surface area contributed by atoms with Gasteiger partial charge < -0.3 is 4.90 Å². The molecule has 0 N–H and O–H groups in total. The number of carbonyl (C=O) groups excluding carboxylic acids is 1. The topological polar surface area (TPSA) is 63.5 Å². The number of nitro groups is 1. The van der Waals surface area contributed by atoms with Gasteiger partial charge in [-0.05, 0) is 30.7 Å². The smallest absolute Gasteiger partial charge is 0.269 e. The Hall–Kier alpha value is -2.48. The number of hydrogen-bond acceptors (Lipinski definition) is 4. The fourth-order valence-electron chi connectivity index (χ4n) is 2.34. The molecule has 138 valence electrons. The third-order valence-electron chi connectivity index (χ3n) is 4.01. The first-order valence-corrected chi connectivity index (χ1v) is 8.86. The number of halogens is 2. The average Bonchev–Trinajstić information content (AvgIpc) is 2.63. The predicted octanol–water partition coefficient (Wildman–Crippen LogP) is 4.57. The van der Waals surface area contributed by atoms with Gasteiger partial charge in [0.25, 0.3) is 5.69 Å². The normalized spacial score (nSPS) is 11.8. The molecule has 0 unspecified atom stereocenters. The standard InChI is InChI=1S/C18H18F2N2O3S/c1-12(13-4-3-5-14(10-13)22(24)25)21(2)18(23)8-9-26-15-6-7-16(19)17(20)11-15/h3-7,10-12H,8-9H2,1-2H3/t12-/m0/s1. The van der Waals surface area contributed by atoms with E-state index in [0.29, 0.717) is 16.2 Å². The highest BCUT2D eigenvalue weighted by atomic mass is 32.2. The van der Waals surface area contributed by atoms with Gasteiger partial charge in [0.05, 0.1) is 11.0 Å². The summed E-state index contributed by atoms with van der Waals surface area (Å²) < 4.78 is 26.1. The molecule has 0 aromatic heterocycles. The number of rotatable bonds is 7. The molecule has 0 saturated heterocycles. The van der Waals surface area contributed by atoms with Gasteiger partial charge in [-0.2, -0.15) is 0 Å². The maximum absolute atomic E-state index is 13.2. The Kier molecular flexibility index (Phi) is 6.68. The molecule has 0 saturated carbocycles. The average molecular weight is 380 g/mol. The lowest BCUT2D eigenvalue weighted by Gasteiger charge is -2.25. The molecule has 2 aromatic carbocycles. The summed E-state index contributed by atoms with van der Waals surface area (Å²) in [5.41, 5.74) is 0.646. The van der Waals surface area contributed by atoms with Gasteiger partial charge >= 0.3 is 0 Å². The monoisotopic (exact) mass is 380 g/mol. The third kappa shape index (κ3) is 5.01. The molecule has 0 spiro atoms. The summed E-state index contributed by atoms with van der Waals surface area (Å²) in [5.74, 6) is -1.55. The van der Waals surface area contributed by atoms with Crippen LogP contribution in [-0.4, -0.2) is 28.5 Å². The molecule has 0 radical (unpaired) electrons. The number of thioether (sulfide) groups is 1. The number of non-ortho nitro benzene ring substituents is 1. The van der Waals surface area contributed by atoms with Crippen LogP contribution in [0.15, 0.2) is 47.4 Å². The SMILES string of the molecule is C[C@@H](c1cccc([N+](=O)[O-])c1)N(C)C(=O)CCSc1ccc(F)c(F)c1. The molecule has 0 aliphatic heterocycles. The summed E-state index contributed by atoms with van der Waals surface area (Å²) >= 11 is 1.26. The lowest BCUT2D eigenvalue weighted by Crippen LogP contribution is -2.29. The second-order valence-electron chi connectivity index (χ2n) is 5.71. The lowest BCUT2D eigenvalue weighted by molar-refractivity contribution is -0.384. The van der Waals surface area contributed by atoms with Crippen molar-refractivity contribution in [1.82, 2.24) is 4.90 Å². The van der Waals surface area contributed by atoms with Gasteiger partial charge in [-0.3, -0.25) is 14.9 Å². The second-order valence-corrected chi connectivity index (χ2v) is 6.88. The first-order chi connectivity index (χ1) is 12.3. The Bertz CT molecular complexity index is 817. The number of nitrogens with zero attached hydrogens (tertiary/aromatic N) is 2. The van der Waals surface area contributed by atoms with Crippen molar-refractivity contribution in [2.75, 3.05) is 12.8 Å². The summed E-state index contributed by atoms with van der Waals surface area (Å²) in [7, 11) is 1.63. The van der Waals surface area contributed by atoms with E-state index in [9.17, 15) is 23.7 Å². The van der Waals surface area contributed by atoms with E-state index in [0.717, 1.165) is 12.1 Å². The highest BCUT2D eigenvalue weighted by molar-refractivity contribution is 7.99. The molecule has 2 aromatic rings. The molecule has 0 heterocycles. The van der Waals surface area contributed by atoms with E-state index in [4.69, 9.17) is 0 Å². The Labute approximate surface area is 154 Å². The van der Waals surface area contributed by atoms with Crippen LogP contribution in [0.5, 0.6) is 0 Å². The fourth-order valence-corrected chi connectivity index (χ4v) is 3.20. The Morgan fingerprint density at radius 1 is 1.23 bits per heavy atom. The lowest BCUT2D eigenvalue weighted by atomic mass is 10.1. The molecule has 2 rings (SSSR count). The van der Waals surface area contributed by atoms with Gasteiger partial charge in [-0.15, -0.1) is 11.8 Å². The molecule has 1 amide bonds. The zero-order valence-electron chi connectivity index (χ0n) is 14.3. The summed E-state index contributed by atoms with van der Waals surface area (Å²) in [6.45, 7) is 1.79. The second kappa shape index (κ2) is 8.75. The molecular weight excluding hydrogens is 362 g/mol. The van der Waals surface area contributed by atoms with E-state index in [-0.39, 0.29) is 24.1 Å². The van der Waals surface area contributed by atoms with E-state index >= 15 is 0 Å². The first kappa shape index (κ1) is 19.8. The summed E-state index contributed by atoms with van der Waals surface area (Å²) in [6.07, 6.45) is 0.208. The van der Waals surface area contributed by atoms with Gasteiger partial charge in [-0.25, -0.2) is 8.78 Å². The van der Waals surface area contributed by atoms with Crippen molar-refractivity contribution >= 4 is 23.4 Å². The zero-order chi connectivity index (χ0) is 19.3. The predicted molar refractivity (Wildman–Crippen MR) is 96.0 cm³/mol. The van der Waals surface area contributed by atoms with Crippen LogP contribution in [0.2, 0.25) is 0 Å². The maximum Gasteiger partial charge on any atom is 0.269 e. The van der Waals surface area contributed by atoms with E-state index in [1.165, 1.54) is 34.9 Å². The molecule has 26 heavy (non-hydrogen) atoms. The van der Waals surface area contributed by atoms with E-state index < -0.39 is 16.6 Å². The van der Waals surface area contributed by atoms with Crippen LogP contribution in [0.1, 0.15) is 24.9 Å². The highest BCUT2D eigenvalue weighted by Gasteiger charge is 2.19. The Balaban J connectivity index is 1.92. The van der Waals surface area contributed by atoms with Gasteiger partial charge in [0, 0.05) is 36.2 Å². The van der Waals surface area contributed by atoms with Gasteiger partial charge in [0.2, 0.25) is 5.91 Å². The van der Waals surface area contributed by atoms with Crippen LogP contribution in [-0.2, 0) is 4.79 Å². The summed E-state index contributed by atoms with van der Waals surface area (Å²) in [6, 6.07) is 9.45. The minimum atomic E-state index is -0.919. The summed E-state index contributed by atoms with van der Waals surface area (Å²) in [4.78, 5) is 24.8. The molecule has 8 heteroatoms.